The lowest BCUT2D eigenvalue weighted by Crippen LogP contribution is -2.13. The number of fused-ring (bicyclic) bond motifs is 1. The van der Waals surface area contributed by atoms with Crippen molar-refractivity contribution in [1.82, 2.24) is 0 Å². The topological polar surface area (TPSA) is 39.7 Å². The first-order valence-corrected chi connectivity index (χ1v) is 6.58. The third-order valence-corrected chi connectivity index (χ3v) is 2.78. The Kier molecular flexibility index (Phi) is 5.82. The molecule has 0 aliphatic carbocycles. The van der Waals surface area contributed by atoms with Crippen molar-refractivity contribution in [1.29, 1.82) is 0 Å². The van der Waals surface area contributed by atoms with Crippen LogP contribution in [0.4, 0.5) is 5.69 Å². The smallest absolute Gasteiger partial charge is 0.142 e. The summed E-state index contributed by atoms with van der Waals surface area (Å²) >= 11 is 0. The quantitative estimate of drug-likeness (QED) is 0.768. The molecule has 0 unspecified atom stereocenters. The summed E-state index contributed by atoms with van der Waals surface area (Å²) in [7, 11) is 0. The van der Waals surface area contributed by atoms with Gasteiger partial charge in [0.15, 0.2) is 0 Å². The lowest BCUT2D eigenvalue weighted by Gasteiger charge is -2.14. The minimum absolute atomic E-state index is 0.568. The van der Waals surface area contributed by atoms with Crippen LogP contribution in [0.1, 0.15) is 12.8 Å². The van der Waals surface area contributed by atoms with Crippen molar-refractivity contribution in [2.24, 2.45) is 0 Å². The van der Waals surface area contributed by atoms with Gasteiger partial charge in [0.05, 0.1) is 25.5 Å². The van der Waals surface area contributed by atoms with Gasteiger partial charge in [0.1, 0.15) is 12.4 Å². The lowest BCUT2D eigenvalue weighted by molar-refractivity contribution is 0.0353. The minimum Gasteiger partial charge on any atom is -0.489 e. The summed E-state index contributed by atoms with van der Waals surface area (Å²) in [5, 5.41) is 3.40. The number of para-hydroxylation sites is 2. The molecule has 4 heteroatoms. The standard InChI is InChI=1S/C14H21NO3/c1-2-6-14-13(5-1)15-7-3-4-8-16-9-10-17-11-12-18-14/h1-2,5-6,15H,3-4,7-12H2. The van der Waals surface area contributed by atoms with Crippen LogP contribution < -0.4 is 10.1 Å². The fourth-order valence-corrected chi connectivity index (χ4v) is 1.82. The molecule has 0 fully saturated rings. The maximum atomic E-state index is 5.70. The van der Waals surface area contributed by atoms with Crippen molar-refractivity contribution >= 4 is 5.69 Å². The molecule has 1 aromatic carbocycles. The molecule has 1 heterocycles. The van der Waals surface area contributed by atoms with Crippen molar-refractivity contribution in [3.8, 4) is 5.75 Å². The number of nitrogens with one attached hydrogen (secondary N) is 1. The molecule has 0 saturated heterocycles. The third kappa shape index (κ3) is 4.55. The van der Waals surface area contributed by atoms with Crippen LogP contribution in [0.15, 0.2) is 24.3 Å². The van der Waals surface area contributed by atoms with Gasteiger partial charge in [-0.05, 0) is 25.0 Å². The molecule has 100 valence electrons. The van der Waals surface area contributed by atoms with Crippen LogP contribution in [0.25, 0.3) is 0 Å². The van der Waals surface area contributed by atoms with Gasteiger partial charge in [0.25, 0.3) is 0 Å². The van der Waals surface area contributed by atoms with E-state index in [1.807, 2.05) is 24.3 Å². The van der Waals surface area contributed by atoms with Crippen LogP contribution in [0.2, 0.25) is 0 Å². The van der Waals surface area contributed by atoms with E-state index in [1.54, 1.807) is 0 Å². The largest absolute Gasteiger partial charge is 0.489 e. The van der Waals surface area contributed by atoms with Crippen LogP contribution >= 0.6 is 0 Å². The van der Waals surface area contributed by atoms with Crippen molar-refractivity contribution in [2.45, 2.75) is 12.8 Å². The van der Waals surface area contributed by atoms with Gasteiger partial charge in [-0.15, -0.1) is 0 Å². The van der Waals surface area contributed by atoms with Crippen molar-refractivity contribution in [3.05, 3.63) is 24.3 Å². The Morgan fingerprint density at radius 3 is 2.56 bits per heavy atom. The Labute approximate surface area is 108 Å². The number of hydrogen-bond donors (Lipinski definition) is 1. The van der Waals surface area contributed by atoms with Gasteiger partial charge in [-0.2, -0.15) is 0 Å². The second kappa shape index (κ2) is 7.95. The third-order valence-electron chi connectivity index (χ3n) is 2.78. The fourth-order valence-electron chi connectivity index (χ4n) is 1.82. The average Bonchev–Trinajstić information content (AvgIpc) is 2.41. The molecule has 0 atom stereocenters. The van der Waals surface area contributed by atoms with E-state index in [0.717, 1.165) is 37.4 Å². The molecule has 1 N–H and O–H groups in total. The van der Waals surface area contributed by atoms with E-state index < -0.39 is 0 Å². The van der Waals surface area contributed by atoms with Crippen molar-refractivity contribution in [3.63, 3.8) is 0 Å². The maximum absolute atomic E-state index is 5.70. The van der Waals surface area contributed by atoms with Gasteiger partial charge >= 0.3 is 0 Å². The first-order chi connectivity index (χ1) is 8.97. The molecule has 1 aromatic rings. The van der Waals surface area contributed by atoms with E-state index in [1.165, 1.54) is 0 Å². The SMILES string of the molecule is c1ccc2c(c1)NCCCCOCCOCCO2. The zero-order valence-corrected chi connectivity index (χ0v) is 10.7. The molecule has 2 rings (SSSR count). The molecular formula is C14H21NO3. The van der Waals surface area contributed by atoms with Crippen LogP contribution in [0.5, 0.6) is 5.75 Å². The number of rotatable bonds is 0. The molecule has 0 aromatic heterocycles. The van der Waals surface area contributed by atoms with Crippen LogP contribution in [-0.2, 0) is 9.47 Å². The average molecular weight is 251 g/mol. The van der Waals surface area contributed by atoms with Gasteiger partial charge in [-0.3, -0.25) is 0 Å². The molecule has 0 saturated carbocycles. The van der Waals surface area contributed by atoms with Crippen LogP contribution in [0.3, 0.4) is 0 Å². The summed E-state index contributed by atoms with van der Waals surface area (Å²) in [4.78, 5) is 0. The Hall–Kier alpha value is -1.26. The number of anilines is 1. The van der Waals surface area contributed by atoms with Crippen LogP contribution in [-0.4, -0.2) is 39.6 Å². The number of ether oxygens (including phenoxy) is 3. The van der Waals surface area contributed by atoms with Gasteiger partial charge in [0, 0.05) is 13.2 Å². The second-order valence-electron chi connectivity index (χ2n) is 4.20. The summed E-state index contributed by atoms with van der Waals surface area (Å²) in [6, 6.07) is 8.02. The summed E-state index contributed by atoms with van der Waals surface area (Å²) < 4.78 is 16.6. The molecule has 1 aliphatic rings. The first-order valence-electron chi connectivity index (χ1n) is 6.58. The summed E-state index contributed by atoms with van der Waals surface area (Å²) in [6.07, 6.45) is 2.16. The molecule has 18 heavy (non-hydrogen) atoms. The van der Waals surface area contributed by atoms with E-state index in [0.29, 0.717) is 26.4 Å². The zero-order chi connectivity index (χ0) is 12.5. The lowest BCUT2D eigenvalue weighted by atomic mass is 10.2. The number of hydrogen-bond acceptors (Lipinski definition) is 4. The zero-order valence-electron chi connectivity index (χ0n) is 10.7. The monoisotopic (exact) mass is 251 g/mol. The first kappa shape index (κ1) is 13.2. The molecular weight excluding hydrogens is 230 g/mol. The normalized spacial score (nSPS) is 18.9. The van der Waals surface area contributed by atoms with Crippen LogP contribution in [0, 0.1) is 0 Å². The van der Waals surface area contributed by atoms with E-state index >= 15 is 0 Å². The summed E-state index contributed by atoms with van der Waals surface area (Å²) in [5.41, 5.74) is 1.05. The van der Waals surface area contributed by atoms with Gasteiger partial charge < -0.3 is 19.5 Å². The van der Waals surface area contributed by atoms with Gasteiger partial charge in [-0.25, -0.2) is 0 Å². The Bertz CT molecular complexity index is 311. The molecule has 4 nitrogen and oxygen atoms in total. The van der Waals surface area contributed by atoms with E-state index in [4.69, 9.17) is 14.2 Å². The van der Waals surface area contributed by atoms with Gasteiger partial charge in [-0.1, -0.05) is 12.1 Å². The maximum Gasteiger partial charge on any atom is 0.142 e. The molecule has 0 amide bonds. The van der Waals surface area contributed by atoms with Crippen molar-refractivity contribution in [2.75, 3.05) is 44.9 Å². The molecule has 1 aliphatic heterocycles. The van der Waals surface area contributed by atoms with Crippen molar-refractivity contribution < 1.29 is 14.2 Å². The van der Waals surface area contributed by atoms with Gasteiger partial charge in [0.2, 0.25) is 0 Å². The highest BCUT2D eigenvalue weighted by Crippen LogP contribution is 2.23. The van der Waals surface area contributed by atoms with E-state index in [-0.39, 0.29) is 0 Å². The number of benzene rings is 1. The predicted molar refractivity (Wildman–Crippen MR) is 71.3 cm³/mol. The molecule has 0 bridgehead atoms. The second-order valence-corrected chi connectivity index (χ2v) is 4.20. The van der Waals surface area contributed by atoms with E-state index in [2.05, 4.69) is 5.32 Å². The minimum atomic E-state index is 0.568. The highest BCUT2D eigenvalue weighted by atomic mass is 16.5. The molecule has 0 radical (unpaired) electrons. The highest BCUT2D eigenvalue weighted by Gasteiger charge is 2.02. The van der Waals surface area contributed by atoms with E-state index in [9.17, 15) is 0 Å². The predicted octanol–water partition coefficient (Wildman–Crippen LogP) is 2.30. The Morgan fingerprint density at radius 2 is 1.61 bits per heavy atom. The fraction of sp³-hybridized carbons (Fsp3) is 0.571. The highest BCUT2D eigenvalue weighted by molar-refractivity contribution is 5.56. The summed E-state index contributed by atoms with van der Waals surface area (Å²) in [6.45, 7) is 4.23. The Balaban J connectivity index is 1.91. The molecule has 0 spiro atoms. The Morgan fingerprint density at radius 1 is 0.833 bits per heavy atom. The summed E-state index contributed by atoms with van der Waals surface area (Å²) in [5.74, 6) is 0.898.